The van der Waals surface area contributed by atoms with Gasteiger partial charge in [0.15, 0.2) is 0 Å². The fourth-order valence-corrected chi connectivity index (χ4v) is 8.54. The van der Waals surface area contributed by atoms with Crippen molar-refractivity contribution in [2.24, 2.45) is 5.92 Å². The standard InChI is InChI=1S/C35H39F3N2O4/c1-5-18-39-19-17-33-31-25-7-6-8-28(31)43-32(33)27(15-16-34(33,29(39)20-25)44-23(4)41)40(21-22(2)3)30(42)14-11-24-9-12-26(13-10-24)35(36,37)38/h5-14,22,27,29,32H,1,15-21H2,2-4H3/t27-,29+,32-,33-,34+/m0/s1. The maximum atomic E-state index is 14.0. The molecule has 2 heterocycles. The summed E-state index contributed by atoms with van der Waals surface area (Å²) < 4.78 is 52.5. The quantitative estimate of drug-likeness (QED) is 0.204. The number of carbonyl (C=O) groups is 2. The Morgan fingerprint density at radius 1 is 1.18 bits per heavy atom. The van der Waals surface area contributed by atoms with Crippen LogP contribution < -0.4 is 4.74 Å². The SMILES string of the molecule is C=CCN1CC[C@]23c4c5cccc4O[C@H]2[C@@H](N(CC(C)C)C(=O)C=Cc2ccc(C(F)(F)F)cc2)CC[C@@]3(OC(C)=O)[C@H]1C5. The first-order valence-electron chi connectivity index (χ1n) is 15.4. The fourth-order valence-electron chi connectivity index (χ4n) is 8.54. The molecule has 4 aliphatic rings. The lowest BCUT2D eigenvalue weighted by Crippen LogP contribution is -2.79. The van der Waals surface area contributed by atoms with Crippen LogP contribution in [0.25, 0.3) is 6.08 Å². The molecule has 0 unspecified atom stereocenters. The van der Waals surface area contributed by atoms with E-state index in [1.807, 2.05) is 23.1 Å². The van der Waals surface area contributed by atoms with E-state index in [2.05, 4.69) is 31.4 Å². The normalized spacial score (nSPS) is 28.8. The molecule has 6 rings (SSSR count). The number of piperidine rings is 1. The molecule has 234 valence electrons. The average molecular weight is 609 g/mol. The summed E-state index contributed by atoms with van der Waals surface area (Å²) in [5.74, 6) is 0.401. The first-order valence-corrected chi connectivity index (χ1v) is 15.4. The zero-order chi connectivity index (χ0) is 31.4. The van der Waals surface area contributed by atoms with Crippen molar-refractivity contribution < 1.29 is 32.2 Å². The van der Waals surface area contributed by atoms with E-state index in [-0.39, 0.29) is 29.9 Å². The molecule has 2 aliphatic heterocycles. The van der Waals surface area contributed by atoms with Gasteiger partial charge in [-0.2, -0.15) is 13.2 Å². The highest BCUT2D eigenvalue weighted by atomic mass is 19.4. The molecule has 2 fully saturated rings. The third-order valence-corrected chi connectivity index (χ3v) is 9.99. The molecule has 2 aromatic carbocycles. The van der Waals surface area contributed by atoms with Crippen molar-refractivity contribution in [3.63, 3.8) is 0 Å². The molecule has 1 saturated heterocycles. The molecule has 0 radical (unpaired) electrons. The second kappa shape index (κ2) is 11.1. The maximum Gasteiger partial charge on any atom is 0.416 e. The second-order valence-corrected chi connectivity index (χ2v) is 13.0. The van der Waals surface area contributed by atoms with E-state index >= 15 is 0 Å². The molecule has 9 heteroatoms. The summed E-state index contributed by atoms with van der Waals surface area (Å²) in [6.07, 6.45) is 2.65. The van der Waals surface area contributed by atoms with Gasteiger partial charge in [-0.3, -0.25) is 14.5 Å². The monoisotopic (exact) mass is 608 g/mol. The highest BCUT2D eigenvalue weighted by Crippen LogP contribution is 2.65. The molecule has 44 heavy (non-hydrogen) atoms. The molecule has 2 bridgehead atoms. The van der Waals surface area contributed by atoms with Crippen LogP contribution in [0.15, 0.2) is 61.2 Å². The van der Waals surface area contributed by atoms with Gasteiger partial charge in [0.1, 0.15) is 17.5 Å². The van der Waals surface area contributed by atoms with Crippen LogP contribution in [-0.4, -0.2) is 65.1 Å². The van der Waals surface area contributed by atoms with Crippen molar-refractivity contribution >= 4 is 18.0 Å². The summed E-state index contributed by atoms with van der Waals surface area (Å²) in [6.45, 7) is 11.5. The lowest BCUT2D eigenvalue weighted by Gasteiger charge is -2.65. The molecule has 1 amide bonds. The number of benzene rings is 2. The van der Waals surface area contributed by atoms with E-state index in [1.54, 1.807) is 6.08 Å². The van der Waals surface area contributed by atoms with E-state index in [1.165, 1.54) is 30.7 Å². The summed E-state index contributed by atoms with van der Waals surface area (Å²) in [4.78, 5) is 31.0. The molecule has 1 saturated carbocycles. The third kappa shape index (κ3) is 4.75. The third-order valence-electron chi connectivity index (χ3n) is 9.99. The van der Waals surface area contributed by atoms with Crippen LogP contribution in [0.1, 0.15) is 62.3 Å². The molecule has 5 atom stereocenters. The van der Waals surface area contributed by atoms with Crippen LogP contribution in [0.2, 0.25) is 0 Å². The number of esters is 1. The van der Waals surface area contributed by atoms with Crippen molar-refractivity contribution in [1.82, 2.24) is 9.80 Å². The van der Waals surface area contributed by atoms with Gasteiger partial charge < -0.3 is 14.4 Å². The summed E-state index contributed by atoms with van der Waals surface area (Å²) in [6, 6.07) is 10.5. The van der Waals surface area contributed by atoms with Crippen LogP contribution in [0.4, 0.5) is 13.2 Å². The van der Waals surface area contributed by atoms with Gasteiger partial charge in [-0.25, -0.2) is 0 Å². The van der Waals surface area contributed by atoms with Crippen LogP contribution >= 0.6 is 0 Å². The van der Waals surface area contributed by atoms with E-state index in [0.29, 0.717) is 37.9 Å². The van der Waals surface area contributed by atoms with Gasteiger partial charge >= 0.3 is 12.1 Å². The Balaban J connectivity index is 1.39. The highest BCUT2D eigenvalue weighted by Gasteiger charge is 2.75. The van der Waals surface area contributed by atoms with E-state index < -0.39 is 28.9 Å². The minimum atomic E-state index is -4.42. The molecule has 0 aromatic heterocycles. The number of rotatable bonds is 8. The summed E-state index contributed by atoms with van der Waals surface area (Å²) in [5.41, 5.74) is 0.636. The van der Waals surface area contributed by atoms with Crippen molar-refractivity contribution in [3.05, 3.63) is 83.4 Å². The number of nitrogens with zero attached hydrogens (tertiary/aromatic N) is 2. The predicted octanol–water partition coefficient (Wildman–Crippen LogP) is 6.18. The lowest BCUT2D eigenvalue weighted by atomic mass is 9.48. The number of alkyl halides is 3. The second-order valence-electron chi connectivity index (χ2n) is 13.0. The number of halogens is 3. The molecule has 2 aliphatic carbocycles. The zero-order valence-electron chi connectivity index (χ0n) is 25.4. The minimum absolute atomic E-state index is 0.0557. The van der Waals surface area contributed by atoms with Crippen LogP contribution in [-0.2, 0) is 32.3 Å². The van der Waals surface area contributed by atoms with E-state index in [0.717, 1.165) is 36.4 Å². The molecular weight excluding hydrogens is 569 g/mol. The van der Waals surface area contributed by atoms with Gasteiger partial charge in [0.2, 0.25) is 5.91 Å². The Morgan fingerprint density at radius 2 is 1.93 bits per heavy atom. The maximum absolute atomic E-state index is 14.0. The first kappa shape index (κ1) is 30.4. The molecular formula is C35H39F3N2O4. The summed E-state index contributed by atoms with van der Waals surface area (Å²) in [5, 5.41) is 0. The van der Waals surface area contributed by atoms with Crippen LogP contribution in [0, 0.1) is 5.92 Å². The molecule has 2 aromatic rings. The van der Waals surface area contributed by atoms with Gasteiger partial charge in [0.25, 0.3) is 0 Å². The largest absolute Gasteiger partial charge is 0.487 e. The van der Waals surface area contributed by atoms with Crippen molar-refractivity contribution in [3.8, 4) is 5.75 Å². The Kier molecular flexibility index (Phi) is 7.67. The van der Waals surface area contributed by atoms with Gasteiger partial charge in [0, 0.05) is 38.2 Å². The molecule has 1 spiro atoms. The minimum Gasteiger partial charge on any atom is -0.487 e. The van der Waals surface area contributed by atoms with Crippen molar-refractivity contribution in [2.45, 2.75) is 81.8 Å². The van der Waals surface area contributed by atoms with Gasteiger partial charge in [-0.05, 0) is 67.0 Å². The Labute approximate surface area is 256 Å². The van der Waals surface area contributed by atoms with Crippen LogP contribution in [0.3, 0.4) is 0 Å². The Morgan fingerprint density at radius 3 is 2.59 bits per heavy atom. The zero-order valence-corrected chi connectivity index (χ0v) is 25.4. The van der Waals surface area contributed by atoms with Gasteiger partial charge in [-0.1, -0.05) is 44.2 Å². The van der Waals surface area contributed by atoms with Crippen LogP contribution in [0.5, 0.6) is 5.75 Å². The number of hydrogen-bond donors (Lipinski definition) is 0. The van der Waals surface area contributed by atoms with Gasteiger partial charge in [0.05, 0.1) is 23.1 Å². The Bertz CT molecular complexity index is 1490. The predicted molar refractivity (Wildman–Crippen MR) is 161 cm³/mol. The molecule has 0 N–H and O–H groups in total. The summed E-state index contributed by atoms with van der Waals surface area (Å²) in [7, 11) is 0. The number of amides is 1. The summed E-state index contributed by atoms with van der Waals surface area (Å²) >= 11 is 0. The topological polar surface area (TPSA) is 59.1 Å². The lowest BCUT2D eigenvalue weighted by molar-refractivity contribution is -0.223. The van der Waals surface area contributed by atoms with E-state index in [9.17, 15) is 22.8 Å². The number of hydrogen-bond acceptors (Lipinski definition) is 5. The highest BCUT2D eigenvalue weighted by molar-refractivity contribution is 5.92. The Hall–Kier alpha value is -3.59. The fraction of sp³-hybridized carbons (Fsp3) is 0.486. The first-order chi connectivity index (χ1) is 20.9. The van der Waals surface area contributed by atoms with Crippen molar-refractivity contribution in [1.29, 1.82) is 0 Å². The smallest absolute Gasteiger partial charge is 0.416 e. The number of carbonyl (C=O) groups excluding carboxylic acids is 2. The molecule has 6 nitrogen and oxygen atoms in total. The van der Waals surface area contributed by atoms with E-state index in [4.69, 9.17) is 9.47 Å². The number of likely N-dealkylation sites (tertiary alicyclic amines) is 1. The van der Waals surface area contributed by atoms with Crippen molar-refractivity contribution in [2.75, 3.05) is 19.6 Å². The van der Waals surface area contributed by atoms with Gasteiger partial charge in [-0.15, -0.1) is 6.58 Å². The average Bonchev–Trinajstić information content (AvgIpc) is 3.30. The number of ether oxygens (including phenoxy) is 2.